The Morgan fingerprint density at radius 2 is 2.33 bits per heavy atom. The van der Waals surface area contributed by atoms with Gasteiger partial charge >= 0.3 is 0 Å². The van der Waals surface area contributed by atoms with Crippen LogP contribution in [0.2, 0.25) is 0 Å². The molecule has 4 N–H and O–H groups in total. The van der Waals surface area contributed by atoms with Crippen LogP contribution in [0.3, 0.4) is 0 Å². The number of aromatic hydroxyl groups is 1. The maximum Gasteiger partial charge on any atom is 0.255 e. The van der Waals surface area contributed by atoms with Crippen molar-refractivity contribution in [3.8, 4) is 5.75 Å². The molecule has 0 spiro atoms. The van der Waals surface area contributed by atoms with Crippen molar-refractivity contribution in [1.29, 1.82) is 0 Å². The van der Waals surface area contributed by atoms with Gasteiger partial charge in [-0.1, -0.05) is 0 Å². The number of nitrogens with zero attached hydrogens (tertiary/aromatic N) is 2. The maximum atomic E-state index is 11.8. The zero-order valence-corrected chi connectivity index (χ0v) is 9.71. The summed E-state index contributed by atoms with van der Waals surface area (Å²) in [6.45, 7) is 1.07. The maximum absolute atomic E-state index is 11.8. The first kappa shape index (κ1) is 12.0. The summed E-state index contributed by atoms with van der Waals surface area (Å²) in [6.07, 6.45) is 5.15. The summed E-state index contributed by atoms with van der Waals surface area (Å²) >= 11 is 0. The summed E-state index contributed by atoms with van der Waals surface area (Å²) in [4.78, 5) is 15.7. The zero-order chi connectivity index (χ0) is 13.0. The first-order valence-electron chi connectivity index (χ1n) is 5.49. The Labute approximate surface area is 104 Å². The Kier molecular flexibility index (Phi) is 3.47. The predicted molar refractivity (Wildman–Crippen MR) is 67.1 cm³/mol. The number of aromatic nitrogens is 2. The van der Waals surface area contributed by atoms with E-state index in [-0.39, 0.29) is 17.2 Å². The summed E-state index contributed by atoms with van der Waals surface area (Å²) in [6, 6.07) is 4.39. The second-order valence-electron chi connectivity index (χ2n) is 3.83. The molecule has 2 aromatic rings. The third-order valence-electron chi connectivity index (χ3n) is 2.48. The first-order chi connectivity index (χ1) is 8.66. The van der Waals surface area contributed by atoms with Gasteiger partial charge in [0.1, 0.15) is 5.75 Å². The highest BCUT2D eigenvalue weighted by molar-refractivity contribution is 5.97. The van der Waals surface area contributed by atoms with Crippen LogP contribution in [-0.2, 0) is 6.54 Å². The summed E-state index contributed by atoms with van der Waals surface area (Å²) in [5.74, 6) is -0.427. The largest absolute Gasteiger partial charge is 0.507 e. The minimum absolute atomic E-state index is 0.0793. The summed E-state index contributed by atoms with van der Waals surface area (Å²) in [5.41, 5.74) is 6.19. The number of carbonyl (C=O) groups is 1. The van der Waals surface area contributed by atoms with Gasteiger partial charge in [-0.3, -0.25) is 4.79 Å². The number of anilines is 1. The van der Waals surface area contributed by atoms with E-state index in [1.54, 1.807) is 12.5 Å². The molecule has 6 heteroatoms. The van der Waals surface area contributed by atoms with Crippen LogP contribution < -0.4 is 11.1 Å². The fourth-order valence-electron chi connectivity index (χ4n) is 1.55. The molecule has 0 unspecified atom stereocenters. The minimum atomic E-state index is -0.347. The highest BCUT2D eigenvalue weighted by Gasteiger charge is 2.10. The average Bonchev–Trinajstić information content (AvgIpc) is 2.85. The summed E-state index contributed by atoms with van der Waals surface area (Å²) in [5, 5.41) is 12.3. The van der Waals surface area contributed by atoms with Crippen LogP contribution in [0.1, 0.15) is 10.4 Å². The van der Waals surface area contributed by atoms with E-state index >= 15 is 0 Å². The standard InChI is InChI=1S/C12H14N4O2/c13-9-1-2-11(17)10(7-9)12(18)15-4-6-16-5-3-14-8-16/h1-3,5,7-8,17H,4,6,13H2,(H,15,18). The molecule has 1 aromatic carbocycles. The number of nitrogens with one attached hydrogen (secondary N) is 1. The van der Waals surface area contributed by atoms with Crippen LogP contribution in [0.5, 0.6) is 5.75 Å². The highest BCUT2D eigenvalue weighted by Crippen LogP contribution is 2.19. The van der Waals surface area contributed by atoms with Gasteiger partial charge in [-0.2, -0.15) is 0 Å². The summed E-state index contributed by atoms with van der Waals surface area (Å²) in [7, 11) is 0. The molecule has 1 aromatic heterocycles. The van der Waals surface area contributed by atoms with Gasteiger partial charge in [0.05, 0.1) is 11.9 Å². The lowest BCUT2D eigenvalue weighted by molar-refractivity contribution is 0.0949. The fraction of sp³-hybridized carbons (Fsp3) is 0.167. The predicted octanol–water partition coefficient (Wildman–Crippen LogP) is 0.601. The van der Waals surface area contributed by atoms with Gasteiger partial charge in [0, 0.05) is 31.2 Å². The molecule has 0 saturated heterocycles. The van der Waals surface area contributed by atoms with Crippen molar-refractivity contribution < 1.29 is 9.90 Å². The van der Waals surface area contributed by atoms with Gasteiger partial charge in [0.15, 0.2) is 0 Å². The number of rotatable bonds is 4. The van der Waals surface area contributed by atoms with E-state index in [1.807, 2.05) is 10.8 Å². The first-order valence-corrected chi connectivity index (χ1v) is 5.49. The number of amides is 1. The van der Waals surface area contributed by atoms with Crippen molar-refractivity contribution in [2.24, 2.45) is 0 Å². The molecule has 1 amide bonds. The quantitative estimate of drug-likeness (QED) is 0.544. The van der Waals surface area contributed by atoms with Crippen molar-refractivity contribution in [1.82, 2.24) is 14.9 Å². The van der Waals surface area contributed by atoms with Crippen LogP contribution in [0.15, 0.2) is 36.9 Å². The Morgan fingerprint density at radius 3 is 3.06 bits per heavy atom. The molecule has 1 heterocycles. The second-order valence-corrected chi connectivity index (χ2v) is 3.83. The number of nitrogens with two attached hydrogens (primary N) is 1. The molecule has 0 aliphatic carbocycles. The van der Waals surface area contributed by atoms with E-state index < -0.39 is 0 Å². The van der Waals surface area contributed by atoms with Gasteiger partial charge in [0.25, 0.3) is 5.91 Å². The normalized spacial score (nSPS) is 10.2. The topological polar surface area (TPSA) is 93.2 Å². The minimum Gasteiger partial charge on any atom is -0.507 e. The lowest BCUT2D eigenvalue weighted by Crippen LogP contribution is -2.27. The third-order valence-corrected chi connectivity index (χ3v) is 2.48. The number of benzene rings is 1. The number of carbonyl (C=O) groups excluding carboxylic acids is 1. The van der Waals surface area contributed by atoms with E-state index in [0.29, 0.717) is 18.8 Å². The smallest absolute Gasteiger partial charge is 0.255 e. The van der Waals surface area contributed by atoms with Gasteiger partial charge < -0.3 is 20.7 Å². The van der Waals surface area contributed by atoms with E-state index in [2.05, 4.69) is 10.3 Å². The van der Waals surface area contributed by atoms with E-state index in [0.717, 1.165) is 0 Å². The Morgan fingerprint density at radius 1 is 1.50 bits per heavy atom. The summed E-state index contributed by atoms with van der Waals surface area (Å²) < 4.78 is 1.85. The molecule has 6 nitrogen and oxygen atoms in total. The van der Waals surface area contributed by atoms with E-state index in [9.17, 15) is 9.90 Å². The number of imidazole rings is 1. The number of nitrogen functional groups attached to an aromatic ring is 1. The molecule has 0 radical (unpaired) electrons. The fourth-order valence-corrected chi connectivity index (χ4v) is 1.55. The number of phenols is 1. The lowest BCUT2D eigenvalue weighted by Gasteiger charge is -2.07. The molecule has 0 aliphatic rings. The monoisotopic (exact) mass is 246 g/mol. The molecule has 18 heavy (non-hydrogen) atoms. The second kappa shape index (κ2) is 5.22. The lowest BCUT2D eigenvalue weighted by atomic mass is 10.1. The molecule has 2 rings (SSSR count). The molecule has 0 fully saturated rings. The highest BCUT2D eigenvalue weighted by atomic mass is 16.3. The van der Waals surface area contributed by atoms with Crippen LogP contribution in [0.25, 0.3) is 0 Å². The molecule has 94 valence electrons. The number of phenolic OH excluding ortho intramolecular Hbond substituents is 1. The molecule has 0 aliphatic heterocycles. The number of hydrogen-bond donors (Lipinski definition) is 3. The van der Waals surface area contributed by atoms with Crippen molar-refractivity contribution in [2.45, 2.75) is 6.54 Å². The molecule has 0 atom stereocenters. The van der Waals surface area contributed by atoms with Crippen molar-refractivity contribution in [2.75, 3.05) is 12.3 Å². The van der Waals surface area contributed by atoms with Crippen LogP contribution in [-0.4, -0.2) is 27.1 Å². The van der Waals surface area contributed by atoms with Crippen molar-refractivity contribution >= 4 is 11.6 Å². The Bertz CT molecular complexity index is 537. The van der Waals surface area contributed by atoms with E-state index in [4.69, 9.17) is 5.73 Å². The molecule has 0 bridgehead atoms. The Hall–Kier alpha value is -2.50. The van der Waals surface area contributed by atoms with E-state index in [1.165, 1.54) is 18.2 Å². The number of hydrogen-bond acceptors (Lipinski definition) is 4. The SMILES string of the molecule is Nc1ccc(O)c(C(=O)NCCn2ccnc2)c1. The molecule has 0 saturated carbocycles. The average molecular weight is 246 g/mol. The third kappa shape index (κ3) is 2.79. The zero-order valence-electron chi connectivity index (χ0n) is 9.71. The van der Waals surface area contributed by atoms with Gasteiger partial charge in [0.2, 0.25) is 0 Å². The Balaban J connectivity index is 1.93. The van der Waals surface area contributed by atoms with Gasteiger partial charge in [-0.05, 0) is 18.2 Å². The van der Waals surface area contributed by atoms with Crippen molar-refractivity contribution in [3.63, 3.8) is 0 Å². The van der Waals surface area contributed by atoms with Crippen LogP contribution in [0, 0.1) is 0 Å². The van der Waals surface area contributed by atoms with Gasteiger partial charge in [-0.15, -0.1) is 0 Å². The molecular weight excluding hydrogens is 232 g/mol. The van der Waals surface area contributed by atoms with Crippen LogP contribution in [0.4, 0.5) is 5.69 Å². The molecular formula is C12H14N4O2. The van der Waals surface area contributed by atoms with Crippen molar-refractivity contribution in [3.05, 3.63) is 42.5 Å². The van der Waals surface area contributed by atoms with Crippen LogP contribution >= 0.6 is 0 Å². The van der Waals surface area contributed by atoms with Gasteiger partial charge in [-0.25, -0.2) is 4.98 Å².